The lowest BCUT2D eigenvalue weighted by Gasteiger charge is -2.09. The van der Waals surface area contributed by atoms with Gasteiger partial charge in [0.2, 0.25) is 0 Å². The second-order valence-electron chi connectivity index (χ2n) is 3.71. The Morgan fingerprint density at radius 1 is 1.32 bits per heavy atom. The molecule has 0 bridgehead atoms. The third kappa shape index (κ3) is 2.76. The molecular weight excluding hydrogens is 273 g/mol. The molecule has 1 heterocycles. The first-order chi connectivity index (χ1) is 8.90. The Bertz CT molecular complexity index is 705. The number of aryl methyl sites for hydroxylation is 1. The second kappa shape index (κ2) is 4.76. The van der Waals surface area contributed by atoms with E-state index in [1.54, 1.807) is 0 Å². The number of aromatic nitrogens is 3. The van der Waals surface area contributed by atoms with E-state index in [1.165, 1.54) is 19.3 Å². The quantitative estimate of drug-likeness (QED) is 0.802. The Morgan fingerprint density at radius 2 is 2.05 bits per heavy atom. The van der Waals surface area contributed by atoms with Crippen molar-refractivity contribution in [3.63, 3.8) is 0 Å². The number of rotatable bonds is 3. The molecule has 0 saturated heterocycles. The van der Waals surface area contributed by atoms with Crippen LogP contribution in [0.4, 0.5) is 16.0 Å². The topological polar surface area (TPSA) is 111 Å². The lowest BCUT2D eigenvalue weighted by molar-refractivity contribution is 0.598. The van der Waals surface area contributed by atoms with E-state index in [2.05, 4.69) is 19.9 Å². The maximum absolute atomic E-state index is 13.2. The largest absolute Gasteiger partial charge is 0.396 e. The van der Waals surface area contributed by atoms with E-state index in [0.29, 0.717) is 0 Å². The second-order valence-corrected chi connectivity index (χ2v) is 5.36. The molecule has 3 N–H and O–H groups in total. The van der Waals surface area contributed by atoms with Gasteiger partial charge in [-0.1, -0.05) is 0 Å². The summed E-state index contributed by atoms with van der Waals surface area (Å²) in [6, 6.07) is 2.09. The van der Waals surface area contributed by atoms with Crippen LogP contribution in [0, 0.1) is 12.7 Å². The summed E-state index contributed by atoms with van der Waals surface area (Å²) < 4.78 is 39.5. The normalized spacial score (nSPS) is 11.3. The lowest BCUT2D eigenvalue weighted by atomic mass is 10.2. The predicted molar refractivity (Wildman–Crippen MR) is 66.2 cm³/mol. The van der Waals surface area contributed by atoms with Crippen molar-refractivity contribution in [3.05, 3.63) is 35.9 Å². The van der Waals surface area contributed by atoms with Gasteiger partial charge < -0.3 is 5.73 Å². The van der Waals surface area contributed by atoms with Crippen LogP contribution in [-0.2, 0) is 10.0 Å². The van der Waals surface area contributed by atoms with Gasteiger partial charge in [0.05, 0.1) is 23.0 Å². The van der Waals surface area contributed by atoms with E-state index in [1.807, 2.05) is 0 Å². The number of nitrogens with one attached hydrogen (secondary N) is 1. The number of benzene rings is 1. The Kier molecular flexibility index (Phi) is 3.30. The molecule has 100 valence electrons. The average molecular weight is 283 g/mol. The molecule has 0 aliphatic rings. The first-order valence-corrected chi connectivity index (χ1v) is 6.60. The fraction of sp³-hybridized carbons (Fsp3) is 0.100. The third-order valence-electron chi connectivity index (χ3n) is 2.29. The minimum absolute atomic E-state index is 0.140. The summed E-state index contributed by atoms with van der Waals surface area (Å²) in [4.78, 5) is 3.55. The van der Waals surface area contributed by atoms with Crippen LogP contribution in [0.15, 0.2) is 29.4 Å². The van der Waals surface area contributed by atoms with E-state index >= 15 is 0 Å². The Morgan fingerprint density at radius 3 is 2.68 bits per heavy atom. The van der Waals surface area contributed by atoms with Crippen molar-refractivity contribution >= 4 is 21.7 Å². The Labute approximate surface area is 108 Å². The van der Waals surface area contributed by atoms with Gasteiger partial charge in [0.25, 0.3) is 16.0 Å². The molecule has 2 aromatic rings. The van der Waals surface area contributed by atoms with Crippen LogP contribution >= 0.6 is 0 Å². The van der Waals surface area contributed by atoms with E-state index in [4.69, 9.17) is 5.73 Å². The van der Waals surface area contributed by atoms with Crippen LogP contribution in [-0.4, -0.2) is 23.6 Å². The van der Waals surface area contributed by atoms with Gasteiger partial charge in [-0.05, 0) is 24.6 Å². The van der Waals surface area contributed by atoms with E-state index < -0.39 is 15.8 Å². The minimum Gasteiger partial charge on any atom is -0.396 e. The Hall–Kier alpha value is -2.29. The molecular formula is C10H10FN5O2S. The molecule has 0 atom stereocenters. The highest BCUT2D eigenvalue weighted by atomic mass is 32.2. The Balaban J connectivity index is 2.43. The van der Waals surface area contributed by atoms with Gasteiger partial charge in [-0.3, -0.25) is 0 Å². The molecule has 0 unspecified atom stereocenters. The fourth-order valence-corrected chi connectivity index (χ4v) is 2.64. The van der Waals surface area contributed by atoms with E-state index in [0.717, 1.165) is 12.1 Å². The zero-order valence-electron chi connectivity index (χ0n) is 9.83. The van der Waals surface area contributed by atoms with Crippen molar-refractivity contribution in [1.82, 2.24) is 15.2 Å². The molecule has 2 rings (SSSR count). The van der Waals surface area contributed by atoms with Crippen molar-refractivity contribution in [2.45, 2.75) is 11.8 Å². The van der Waals surface area contributed by atoms with Crippen molar-refractivity contribution < 1.29 is 12.8 Å². The molecule has 0 aliphatic carbocycles. The van der Waals surface area contributed by atoms with Gasteiger partial charge >= 0.3 is 0 Å². The molecule has 7 nitrogen and oxygen atoms in total. The predicted octanol–water partition coefficient (Wildman–Crippen LogP) is 0.702. The van der Waals surface area contributed by atoms with Crippen LogP contribution in [0.1, 0.15) is 5.56 Å². The van der Waals surface area contributed by atoms with Crippen molar-refractivity contribution in [2.75, 3.05) is 10.5 Å². The summed E-state index contributed by atoms with van der Waals surface area (Å²) in [5.41, 5.74) is 5.34. The minimum atomic E-state index is -3.94. The average Bonchev–Trinajstić information content (AvgIpc) is 2.34. The van der Waals surface area contributed by atoms with E-state index in [-0.39, 0.29) is 22.1 Å². The third-order valence-corrected chi connectivity index (χ3v) is 3.76. The fourth-order valence-electron chi connectivity index (χ4n) is 1.43. The maximum Gasteiger partial charge on any atom is 0.264 e. The summed E-state index contributed by atoms with van der Waals surface area (Å²) in [7, 11) is -3.94. The molecule has 1 aromatic carbocycles. The van der Waals surface area contributed by atoms with Crippen LogP contribution in [0.3, 0.4) is 0 Å². The van der Waals surface area contributed by atoms with Gasteiger partial charge in [0.15, 0.2) is 0 Å². The van der Waals surface area contributed by atoms with Gasteiger partial charge in [0.1, 0.15) is 5.82 Å². The first-order valence-electron chi connectivity index (χ1n) is 5.12. The lowest BCUT2D eigenvalue weighted by Crippen LogP contribution is -2.17. The van der Waals surface area contributed by atoms with Crippen LogP contribution in [0.5, 0.6) is 0 Å². The summed E-state index contributed by atoms with van der Waals surface area (Å²) in [5.74, 6) is -0.848. The highest BCUT2D eigenvalue weighted by Gasteiger charge is 2.20. The number of sulfonamides is 1. The number of hydrogen-bond donors (Lipinski definition) is 2. The van der Waals surface area contributed by atoms with Crippen LogP contribution in [0.2, 0.25) is 0 Å². The standard InChI is InChI=1S/C10H10FN5O2S/c1-6-4-7(11)8(12)5-9(6)19(17,18)16-10-13-2-3-14-15-10/h2-5H,12H2,1H3,(H,13,15,16). The van der Waals surface area contributed by atoms with E-state index in [9.17, 15) is 12.8 Å². The number of halogens is 1. The summed E-state index contributed by atoms with van der Waals surface area (Å²) in [6.07, 6.45) is 2.59. The molecule has 9 heteroatoms. The molecule has 0 fully saturated rings. The molecule has 0 radical (unpaired) electrons. The molecule has 0 aliphatic heterocycles. The van der Waals surface area contributed by atoms with Gasteiger partial charge in [-0.2, -0.15) is 5.10 Å². The van der Waals surface area contributed by atoms with Crippen molar-refractivity contribution in [2.24, 2.45) is 0 Å². The highest BCUT2D eigenvalue weighted by Crippen LogP contribution is 2.22. The zero-order valence-corrected chi connectivity index (χ0v) is 10.6. The molecule has 19 heavy (non-hydrogen) atoms. The molecule has 1 aromatic heterocycles. The van der Waals surface area contributed by atoms with Crippen molar-refractivity contribution in [1.29, 1.82) is 0 Å². The number of nitrogens with two attached hydrogens (primary N) is 1. The monoisotopic (exact) mass is 283 g/mol. The molecule has 0 amide bonds. The van der Waals surface area contributed by atoms with Gasteiger partial charge in [-0.15, -0.1) is 5.10 Å². The zero-order chi connectivity index (χ0) is 14.0. The van der Waals surface area contributed by atoms with Gasteiger partial charge in [0, 0.05) is 0 Å². The number of nitrogens with zero attached hydrogens (tertiary/aromatic N) is 3. The van der Waals surface area contributed by atoms with Crippen LogP contribution < -0.4 is 10.5 Å². The number of anilines is 2. The van der Waals surface area contributed by atoms with Crippen molar-refractivity contribution in [3.8, 4) is 0 Å². The van der Waals surface area contributed by atoms with Gasteiger partial charge in [-0.25, -0.2) is 22.5 Å². The summed E-state index contributed by atoms with van der Waals surface area (Å²) in [6.45, 7) is 1.46. The number of nitrogen functional groups attached to an aromatic ring is 1. The first kappa shape index (κ1) is 13.1. The smallest absolute Gasteiger partial charge is 0.264 e. The number of hydrogen-bond acceptors (Lipinski definition) is 6. The molecule has 0 saturated carbocycles. The maximum atomic E-state index is 13.2. The highest BCUT2D eigenvalue weighted by molar-refractivity contribution is 7.92. The molecule has 0 spiro atoms. The SMILES string of the molecule is Cc1cc(F)c(N)cc1S(=O)(=O)Nc1nccnn1. The van der Waals surface area contributed by atoms with Crippen LogP contribution in [0.25, 0.3) is 0 Å². The summed E-state index contributed by atoms with van der Waals surface area (Å²) in [5, 5.41) is 6.99. The summed E-state index contributed by atoms with van der Waals surface area (Å²) >= 11 is 0.